The Kier molecular flexibility index (Phi) is 5.18. The first-order chi connectivity index (χ1) is 8.71. The van der Waals surface area contributed by atoms with E-state index in [1.165, 1.54) is 7.11 Å². The molecule has 1 aromatic heterocycles. The molecule has 1 N–H and O–H groups in total. The summed E-state index contributed by atoms with van der Waals surface area (Å²) in [6.45, 7) is 8.31. The fraction of sp³-hybridized carbons (Fsp3) is 0.583. The zero-order valence-electron chi connectivity index (χ0n) is 11.3. The number of rotatable bonds is 6. The molecule has 0 unspecified atom stereocenters. The highest BCUT2D eigenvalue weighted by atomic mass is 16.5. The lowest BCUT2D eigenvalue weighted by Gasteiger charge is -2.20. The zero-order chi connectivity index (χ0) is 13.5. The third kappa shape index (κ3) is 2.80. The summed E-state index contributed by atoms with van der Waals surface area (Å²) in [6, 6.07) is 2.07. The second-order valence-corrected chi connectivity index (χ2v) is 3.57. The van der Waals surface area contributed by atoms with E-state index in [1.807, 2.05) is 25.7 Å². The predicted octanol–water partition coefficient (Wildman–Crippen LogP) is 1.63. The van der Waals surface area contributed by atoms with E-state index in [2.05, 4.69) is 21.4 Å². The molecule has 1 rings (SSSR count). The van der Waals surface area contributed by atoms with Crippen molar-refractivity contribution in [2.75, 3.05) is 37.0 Å². The summed E-state index contributed by atoms with van der Waals surface area (Å²) in [6.07, 6.45) is 0. The quantitative estimate of drug-likeness (QED) is 0.826. The minimum Gasteiger partial charge on any atom is -0.480 e. The summed E-state index contributed by atoms with van der Waals surface area (Å²) in [5.41, 5.74) is 0.343. The molecule has 6 heteroatoms. The van der Waals surface area contributed by atoms with Gasteiger partial charge in [-0.3, -0.25) is 0 Å². The molecule has 0 saturated heterocycles. The summed E-state index contributed by atoms with van der Waals surface area (Å²) >= 11 is 0. The number of nitriles is 1. The third-order valence-electron chi connectivity index (χ3n) is 2.56. The summed E-state index contributed by atoms with van der Waals surface area (Å²) in [4.78, 5) is 10.7. The van der Waals surface area contributed by atoms with E-state index in [0.29, 0.717) is 29.8 Å². The van der Waals surface area contributed by atoms with Crippen LogP contribution < -0.4 is 15.0 Å². The van der Waals surface area contributed by atoms with Crippen LogP contribution in [0.15, 0.2) is 0 Å². The summed E-state index contributed by atoms with van der Waals surface area (Å²) in [5.74, 6) is 1.41. The summed E-state index contributed by atoms with van der Waals surface area (Å²) < 4.78 is 5.16. The first-order valence-corrected chi connectivity index (χ1v) is 6.06. The van der Waals surface area contributed by atoms with Crippen LogP contribution in [0, 0.1) is 11.3 Å². The van der Waals surface area contributed by atoms with E-state index in [9.17, 15) is 0 Å². The van der Waals surface area contributed by atoms with Crippen LogP contribution >= 0.6 is 0 Å². The van der Waals surface area contributed by atoms with E-state index in [4.69, 9.17) is 10.00 Å². The van der Waals surface area contributed by atoms with E-state index in [-0.39, 0.29) is 0 Å². The molecule has 6 nitrogen and oxygen atoms in total. The molecule has 0 saturated carbocycles. The highest BCUT2D eigenvalue weighted by molar-refractivity contribution is 5.60. The van der Waals surface area contributed by atoms with Gasteiger partial charge in [-0.05, 0) is 20.8 Å². The topological polar surface area (TPSA) is 74.1 Å². The van der Waals surface area contributed by atoms with Crippen molar-refractivity contribution in [3.63, 3.8) is 0 Å². The van der Waals surface area contributed by atoms with Gasteiger partial charge >= 0.3 is 0 Å². The third-order valence-corrected chi connectivity index (χ3v) is 2.56. The predicted molar refractivity (Wildman–Crippen MR) is 71.0 cm³/mol. The maximum absolute atomic E-state index is 9.14. The van der Waals surface area contributed by atoms with Gasteiger partial charge in [-0.25, -0.2) is 0 Å². The molecule has 0 radical (unpaired) electrons. The molecule has 0 aromatic carbocycles. The number of hydrogen-bond donors (Lipinski definition) is 1. The van der Waals surface area contributed by atoms with Crippen LogP contribution in [0.5, 0.6) is 5.88 Å². The second kappa shape index (κ2) is 6.64. The molecule has 0 amide bonds. The van der Waals surface area contributed by atoms with E-state index >= 15 is 0 Å². The minimum absolute atomic E-state index is 0.311. The van der Waals surface area contributed by atoms with Gasteiger partial charge < -0.3 is 15.0 Å². The Balaban J connectivity index is 3.31. The van der Waals surface area contributed by atoms with Gasteiger partial charge in [0, 0.05) is 19.6 Å². The largest absolute Gasteiger partial charge is 0.480 e. The van der Waals surface area contributed by atoms with Gasteiger partial charge in [0.05, 0.1) is 7.11 Å². The Hall–Kier alpha value is -2.03. The normalized spacial score (nSPS) is 9.72. The average molecular weight is 249 g/mol. The van der Waals surface area contributed by atoms with E-state index in [0.717, 1.165) is 13.1 Å². The second-order valence-electron chi connectivity index (χ2n) is 3.57. The van der Waals surface area contributed by atoms with Crippen molar-refractivity contribution in [3.8, 4) is 11.9 Å². The Labute approximate surface area is 108 Å². The SMILES string of the molecule is CCNc1nc(N(CC)CC)nc(OC)c1C#N. The highest BCUT2D eigenvalue weighted by Crippen LogP contribution is 2.25. The van der Waals surface area contributed by atoms with Gasteiger partial charge in [0.15, 0.2) is 11.4 Å². The fourth-order valence-corrected chi connectivity index (χ4v) is 1.62. The number of methoxy groups -OCH3 is 1. The first kappa shape index (κ1) is 14.0. The lowest BCUT2D eigenvalue weighted by atomic mass is 10.3. The Morgan fingerprint density at radius 1 is 1.28 bits per heavy atom. The number of aromatic nitrogens is 2. The molecule has 0 fully saturated rings. The van der Waals surface area contributed by atoms with E-state index in [1.54, 1.807) is 0 Å². The van der Waals surface area contributed by atoms with Crippen molar-refractivity contribution in [1.82, 2.24) is 9.97 Å². The number of nitrogens with one attached hydrogen (secondary N) is 1. The van der Waals surface area contributed by atoms with Crippen molar-refractivity contribution < 1.29 is 4.74 Å². The number of hydrogen-bond acceptors (Lipinski definition) is 6. The lowest BCUT2D eigenvalue weighted by Crippen LogP contribution is -2.25. The maximum atomic E-state index is 9.14. The maximum Gasteiger partial charge on any atom is 0.238 e. The minimum atomic E-state index is 0.311. The molecular weight excluding hydrogens is 230 g/mol. The van der Waals surface area contributed by atoms with Crippen LogP contribution in [-0.2, 0) is 0 Å². The molecule has 0 aliphatic carbocycles. The zero-order valence-corrected chi connectivity index (χ0v) is 11.3. The smallest absolute Gasteiger partial charge is 0.238 e. The van der Waals surface area contributed by atoms with Crippen LogP contribution in [0.25, 0.3) is 0 Å². The Morgan fingerprint density at radius 2 is 1.94 bits per heavy atom. The molecule has 0 aliphatic heterocycles. The van der Waals surface area contributed by atoms with Crippen molar-refractivity contribution in [1.29, 1.82) is 5.26 Å². The van der Waals surface area contributed by atoms with Crippen molar-refractivity contribution >= 4 is 11.8 Å². The molecule has 0 atom stereocenters. The van der Waals surface area contributed by atoms with Crippen LogP contribution in [0.4, 0.5) is 11.8 Å². The highest BCUT2D eigenvalue weighted by Gasteiger charge is 2.16. The van der Waals surface area contributed by atoms with Crippen molar-refractivity contribution in [3.05, 3.63) is 5.56 Å². The molecule has 0 aliphatic rings. The van der Waals surface area contributed by atoms with Crippen molar-refractivity contribution in [2.24, 2.45) is 0 Å². The van der Waals surface area contributed by atoms with E-state index < -0.39 is 0 Å². The number of nitrogens with zero attached hydrogens (tertiary/aromatic N) is 4. The van der Waals surface area contributed by atoms with Crippen LogP contribution in [0.2, 0.25) is 0 Å². The molecular formula is C12H19N5O. The van der Waals surface area contributed by atoms with Gasteiger partial charge in [-0.2, -0.15) is 15.2 Å². The molecule has 1 heterocycles. The fourth-order valence-electron chi connectivity index (χ4n) is 1.62. The lowest BCUT2D eigenvalue weighted by molar-refractivity contribution is 0.395. The first-order valence-electron chi connectivity index (χ1n) is 6.06. The number of ether oxygens (including phenoxy) is 1. The van der Waals surface area contributed by atoms with Gasteiger partial charge in [0.1, 0.15) is 6.07 Å². The van der Waals surface area contributed by atoms with Gasteiger partial charge in [0.25, 0.3) is 0 Å². The van der Waals surface area contributed by atoms with Gasteiger partial charge in [0.2, 0.25) is 11.8 Å². The van der Waals surface area contributed by atoms with Gasteiger partial charge in [-0.15, -0.1) is 0 Å². The summed E-state index contributed by atoms with van der Waals surface area (Å²) in [5, 5.41) is 12.2. The van der Waals surface area contributed by atoms with Crippen LogP contribution in [0.1, 0.15) is 26.3 Å². The average Bonchev–Trinajstić information content (AvgIpc) is 2.40. The molecule has 98 valence electrons. The van der Waals surface area contributed by atoms with Gasteiger partial charge in [-0.1, -0.05) is 0 Å². The molecule has 1 aromatic rings. The summed E-state index contributed by atoms with van der Waals surface area (Å²) in [7, 11) is 1.50. The molecule has 0 bridgehead atoms. The number of anilines is 2. The van der Waals surface area contributed by atoms with Crippen molar-refractivity contribution in [2.45, 2.75) is 20.8 Å². The van der Waals surface area contributed by atoms with Crippen LogP contribution in [-0.4, -0.2) is 36.7 Å². The monoisotopic (exact) mass is 249 g/mol. The van der Waals surface area contributed by atoms with Crippen LogP contribution in [0.3, 0.4) is 0 Å². The Bertz CT molecular complexity index is 437. The molecule has 18 heavy (non-hydrogen) atoms. The Morgan fingerprint density at radius 3 is 2.39 bits per heavy atom. The standard InChI is InChI=1S/C12H19N5O/c1-5-14-10-9(8-13)11(18-4)16-12(15-10)17(6-2)7-3/h5-7H2,1-4H3,(H,14,15,16). The molecule has 0 spiro atoms.